The van der Waals surface area contributed by atoms with Crippen molar-refractivity contribution < 1.29 is 14.3 Å². The third-order valence-corrected chi connectivity index (χ3v) is 5.59. The molecule has 0 fully saturated rings. The van der Waals surface area contributed by atoms with Crippen LogP contribution in [-0.2, 0) is 17.8 Å². The lowest BCUT2D eigenvalue weighted by Crippen LogP contribution is -2.19. The Bertz CT molecular complexity index is 1100. The normalized spacial score (nSPS) is 10.9. The number of benzene rings is 3. The molecule has 0 spiro atoms. The lowest BCUT2D eigenvalue weighted by atomic mass is 10.1. The minimum absolute atomic E-state index is 0.199. The van der Waals surface area contributed by atoms with Crippen molar-refractivity contribution in [1.29, 1.82) is 0 Å². The van der Waals surface area contributed by atoms with Gasteiger partial charge in [0, 0.05) is 4.47 Å². The molecule has 0 aliphatic rings. The average molecular weight is 536 g/mol. The summed E-state index contributed by atoms with van der Waals surface area (Å²) in [4.78, 5) is 12.1. The molecule has 0 radical (unpaired) electrons. The first kappa shape index (κ1) is 24.1. The zero-order valence-electron chi connectivity index (χ0n) is 17.3. The standard InChI is InChI=1S/C24H21BrCl2N2O3/c1-2-31-23-12-17(14-28-29-24(30)13-16-3-7-19(25)8-4-16)6-10-22(23)32-15-18-5-9-20(26)21(27)11-18/h3-12,14H,2,13,15H2,1H3,(H,29,30)/b28-14+. The Balaban J connectivity index is 1.60. The molecule has 0 bridgehead atoms. The van der Waals surface area contributed by atoms with Gasteiger partial charge in [-0.05, 0) is 66.1 Å². The van der Waals surface area contributed by atoms with Gasteiger partial charge in [-0.1, -0.05) is 57.3 Å². The smallest absolute Gasteiger partial charge is 0.244 e. The molecule has 0 aromatic heterocycles. The number of rotatable bonds is 9. The van der Waals surface area contributed by atoms with E-state index in [-0.39, 0.29) is 12.3 Å². The number of carbonyl (C=O) groups is 1. The molecule has 5 nitrogen and oxygen atoms in total. The van der Waals surface area contributed by atoms with Gasteiger partial charge < -0.3 is 9.47 Å². The van der Waals surface area contributed by atoms with Gasteiger partial charge in [-0.2, -0.15) is 5.10 Å². The predicted molar refractivity (Wildman–Crippen MR) is 132 cm³/mol. The summed E-state index contributed by atoms with van der Waals surface area (Å²) in [6.45, 7) is 2.69. The molecule has 0 saturated carbocycles. The highest BCUT2D eigenvalue weighted by atomic mass is 79.9. The van der Waals surface area contributed by atoms with Crippen LogP contribution in [-0.4, -0.2) is 18.7 Å². The second-order valence-electron chi connectivity index (χ2n) is 6.77. The summed E-state index contributed by atoms with van der Waals surface area (Å²) in [5.74, 6) is 0.974. The molecule has 0 saturated heterocycles. The molecule has 0 atom stereocenters. The van der Waals surface area contributed by atoms with E-state index in [0.717, 1.165) is 21.2 Å². The number of halogens is 3. The number of hydrogen-bond acceptors (Lipinski definition) is 4. The van der Waals surface area contributed by atoms with E-state index in [2.05, 4.69) is 26.5 Å². The molecule has 32 heavy (non-hydrogen) atoms. The van der Waals surface area contributed by atoms with Gasteiger partial charge in [0.1, 0.15) is 6.61 Å². The second-order valence-corrected chi connectivity index (χ2v) is 8.50. The molecule has 0 unspecified atom stereocenters. The van der Waals surface area contributed by atoms with Gasteiger partial charge in [0.05, 0.1) is 29.3 Å². The molecular formula is C24H21BrCl2N2O3. The molecule has 8 heteroatoms. The van der Waals surface area contributed by atoms with Crippen molar-refractivity contribution in [3.63, 3.8) is 0 Å². The Labute approximate surface area is 205 Å². The lowest BCUT2D eigenvalue weighted by molar-refractivity contribution is -0.120. The third kappa shape index (κ3) is 7.26. The highest BCUT2D eigenvalue weighted by molar-refractivity contribution is 9.10. The van der Waals surface area contributed by atoms with Crippen molar-refractivity contribution in [2.24, 2.45) is 5.10 Å². The lowest BCUT2D eigenvalue weighted by Gasteiger charge is -2.13. The van der Waals surface area contributed by atoms with Crippen LogP contribution in [0.15, 0.2) is 70.2 Å². The Morgan fingerprint density at radius 2 is 1.72 bits per heavy atom. The fraction of sp³-hybridized carbons (Fsp3) is 0.167. The van der Waals surface area contributed by atoms with Crippen molar-refractivity contribution >= 4 is 51.3 Å². The first-order chi connectivity index (χ1) is 15.4. The largest absolute Gasteiger partial charge is 0.490 e. The first-order valence-corrected chi connectivity index (χ1v) is 11.4. The number of nitrogens with one attached hydrogen (secondary N) is 1. The van der Waals surface area contributed by atoms with Gasteiger partial charge in [-0.25, -0.2) is 5.43 Å². The molecule has 3 rings (SSSR count). The van der Waals surface area contributed by atoms with Crippen LogP contribution in [0.4, 0.5) is 0 Å². The zero-order chi connectivity index (χ0) is 22.9. The summed E-state index contributed by atoms with van der Waals surface area (Å²) >= 11 is 15.4. The summed E-state index contributed by atoms with van der Waals surface area (Å²) in [5.41, 5.74) is 5.10. The van der Waals surface area contributed by atoms with Crippen LogP contribution >= 0.6 is 39.1 Å². The Morgan fingerprint density at radius 3 is 2.44 bits per heavy atom. The van der Waals surface area contributed by atoms with E-state index in [4.69, 9.17) is 32.7 Å². The maximum absolute atomic E-state index is 12.1. The van der Waals surface area contributed by atoms with E-state index in [1.807, 2.05) is 43.3 Å². The average Bonchev–Trinajstić information content (AvgIpc) is 2.77. The van der Waals surface area contributed by atoms with Gasteiger partial charge >= 0.3 is 0 Å². The minimum atomic E-state index is -0.199. The van der Waals surface area contributed by atoms with Crippen molar-refractivity contribution in [3.8, 4) is 11.5 Å². The van der Waals surface area contributed by atoms with Crippen molar-refractivity contribution in [2.45, 2.75) is 20.0 Å². The van der Waals surface area contributed by atoms with Crippen LogP contribution < -0.4 is 14.9 Å². The fourth-order valence-electron chi connectivity index (χ4n) is 2.79. The van der Waals surface area contributed by atoms with Gasteiger partial charge in [0.25, 0.3) is 0 Å². The molecule has 3 aromatic carbocycles. The number of hydrogen-bond donors (Lipinski definition) is 1. The van der Waals surface area contributed by atoms with Crippen LogP contribution in [0.1, 0.15) is 23.6 Å². The molecule has 0 aliphatic heterocycles. The molecule has 3 aromatic rings. The molecular weight excluding hydrogens is 515 g/mol. The van der Waals surface area contributed by atoms with Gasteiger partial charge in [0.2, 0.25) is 5.91 Å². The van der Waals surface area contributed by atoms with Gasteiger partial charge in [-0.15, -0.1) is 0 Å². The number of hydrazone groups is 1. The first-order valence-electron chi connectivity index (χ1n) is 9.84. The molecule has 0 heterocycles. The highest BCUT2D eigenvalue weighted by Gasteiger charge is 2.08. The SMILES string of the molecule is CCOc1cc(/C=N/NC(=O)Cc2ccc(Br)cc2)ccc1OCc1ccc(Cl)c(Cl)c1. The highest BCUT2D eigenvalue weighted by Crippen LogP contribution is 2.30. The van der Waals surface area contributed by atoms with Crippen LogP contribution in [0.25, 0.3) is 0 Å². The Kier molecular flexibility index (Phi) is 8.97. The van der Waals surface area contributed by atoms with Crippen LogP contribution in [0.2, 0.25) is 10.0 Å². The van der Waals surface area contributed by atoms with E-state index in [1.54, 1.807) is 30.5 Å². The maximum Gasteiger partial charge on any atom is 0.244 e. The van der Waals surface area contributed by atoms with Crippen LogP contribution in [0.3, 0.4) is 0 Å². The summed E-state index contributed by atoms with van der Waals surface area (Å²) in [6.07, 6.45) is 1.81. The monoisotopic (exact) mass is 534 g/mol. The van der Waals surface area contributed by atoms with Gasteiger partial charge in [-0.3, -0.25) is 4.79 Å². The van der Waals surface area contributed by atoms with Gasteiger partial charge in [0.15, 0.2) is 11.5 Å². The molecule has 1 amide bonds. The maximum atomic E-state index is 12.1. The minimum Gasteiger partial charge on any atom is -0.490 e. The molecule has 166 valence electrons. The van der Waals surface area contributed by atoms with Crippen LogP contribution in [0.5, 0.6) is 11.5 Å². The summed E-state index contributed by atoms with van der Waals surface area (Å²) in [6, 6.07) is 18.4. The zero-order valence-corrected chi connectivity index (χ0v) is 20.4. The van der Waals surface area contributed by atoms with Crippen molar-refractivity contribution in [2.75, 3.05) is 6.61 Å². The topological polar surface area (TPSA) is 59.9 Å². The van der Waals surface area contributed by atoms with Crippen molar-refractivity contribution in [3.05, 3.63) is 91.9 Å². The number of carbonyl (C=O) groups excluding carboxylic acids is 1. The van der Waals surface area contributed by atoms with E-state index < -0.39 is 0 Å². The second kappa shape index (κ2) is 11.9. The van der Waals surface area contributed by atoms with E-state index in [0.29, 0.717) is 34.8 Å². The molecule has 0 aliphatic carbocycles. The van der Waals surface area contributed by atoms with E-state index in [9.17, 15) is 4.79 Å². The summed E-state index contributed by atoms with van der Waals surface area (Å²) in [5, 5.41) is 5.02. The van der Waals surface area contributed by atoms with Crippen molar-refractivity contribution in [1.82, 2.24) is 5.43 Å². The quantitative estimate of drug-likeness (QED) is 0.254. The third-order valence-electron chi connectivity index (χ3n) is 4.33. The fourth-order valence-corrected chi connectivity index (χ4v) is 3.37. The number of amides is 1. The number of nitrogens with zero attached hydrogens (tertiary/aromatic N) is 1. The van der Waals surface area contributed by atoms with E-state index in [1.165, 1.54) is 0 Å². The predicted octanol–water partition coefficient (Wildman–Crippen LogP) is 6.43. The Morgan fingerprint density at radius 1 is 0.969 bits per heavy atom. The summed E-state index contributed by atoms with van der Waals surface area (Å²) in [7, 11) is 0. The Hall–Kier alpha value is -2.54. The number of ether oxygens (including phenoxy) is 2. The molecule has 1 N–H and O–H groups in total. The van der Waals surface area contributed by atoms with E-state index >= 15 is 0 Å². The summed E-state index contributed by atoms with van der Waals surface area (Å²) < 4.78 is 12.6. The van der Waals surface area contributed by atoms with Crippen LogP contribution in [0, 0.1) is 0 Å².